The minimum Gasteiger partial charge on any atom is -0.508 e. The number of hydrogen-bond donors (Lipinski definition) is 14. The number of phenols is 1. The molecule has 81 heavy (non-hydrogen) atoms. The van der Waals surface area contributed by atoms with Crippen LogP contribution in [0.4, 0.5) is 0 Å². The summed E-state index contributed by atoms with van der Waals surface area (Å²) in [6, 6.07) is 1.33. The summed E-state index contributed by atoms with van der Waals surface area (Å²) in [6.07, 6.45) is -6.92. The number of aliphatic hydroxyl groups is 7. The Morgan fingerprint density at radius 3 is 1.98 bits per heavy atom. The average molecular weight is 1160 g/mol. The largest absolute Gasteiger partial charge is 0.508 e. The van der Waals surface area contributed by atoms with E-state index in [4.69, 9.17) is 5.73 Å². The van der Waals surface area contributed by atoms with E-state index in [1.807, 2.05) is 0 Å². The molecule has 5 rings (SSSR count). The van der Waals surface area contributed by atoms with Crippen LogP contribution in [0, 0.1) is 11.8 Å². The fourth-order valence-corrected chi connectivity index (χ4v) is 11.6. The summed E-state index contributed by atoms with van der Waals surface area (Å²) in [5.41, 5.74) is 5.31. The summed E-state index contributed by atoms with van der Waals surface area (Å²) < 4.78 is 0. The third kappa shape index (κ3) is 19.1. The van der Waals surface area contributed by atoms with Gasteiger partial charge in [0.2, 0.25) is 47.3 Å². The van der Waals surface area contributed by atoms with Gasteiger partial charge in [-0.1, -0.05) is 108 Å². The Hall–Kier alpha value is -5.93. The predicted octanol–water partition coefficient (Wildman–Crippen LogP) is -0.541. The van der Waals surface area contributed by atoms with Crippen molar-refractivity contribution in [2.24, 2.45) is 17.6 Å². The van der Waals surface area contributed by atoms with E-state index >= 15 is 0 Å². The van der Waals surface area contributed by atoms with Gasteiger partial charge in [0.1, 0.15) is 59.6 Å². The molecule has 25 heteroatoms. The number of thioether (sulfide) groups is 1. The maximum absolute atomic E-state index is 14.7. The lowest BCUT2D eigenvalue weighted by Gasteiger charge is -2.34. The maximum atomic E-state index is 14.7. The van der Waals surface area contributed by atoms with Crippen LogP contribution in [-0.2, 0) is 38.4 Å². The summed E-state index contributed by atoms with van der Waals surface area (Å²) in [4.78, 5) is 116. The fourth-order valence-electron chi connectivity index (χ4n) is 10.5. The average Bonchev–Trinajstić information content (AvgIpc) is 4.19. The van der Waals surface area contributed by atoms with Crippen LogP contribution >= 0.6 is 11.8 Å². The van der Waals surface area contributed by atoms with Gasteiger partial charge in [-0.3, -0.25) is 38.4 Å². The van der Waals surface area contributed by atoms with Crippen molar-refractivity contribution in [3.63, 3.8) is 0 Å². The Morgan fingerprint density at radius 2 is 1.33 bits per heavy atom. The van der Waals surface area contributed by atoms with E-state index in [0.717, 1.165) is 79.1 Å². The number of aliphatic hydroxyl groups excluding tert-OH is 7. The van der Waals surface area contributed by atoms with Crippen LogP contribution in [0.15, 0.2) is 59.5 Å². The smallest absolute Gasteiger partial charge is 0.248 e. The van der Waals surface area contributed by atoms with Crippen molar-refractivity contribution < 1.29 is 79.2 Å². The SMILES string of the molecule is CCC(C)CC(C)CCCCCCCCC(=O)N[C@H]1C[C@@H](O)[C@@H](Sc2ccccc2)NC(=O)[C@@H]2[C@@H](O)CCN2C(=O)[C@H]([C@H](O)CC(N)=O)NC(=O)[C@H]([C@H](O)[C@@H](O)c2ccc(O)cc2)NC(=O)[C@@H]2C[C@@H](O)CN2C(=O)[C@H]([C@@H](C)O)NC1=O. The van der Waals surface area contributed by atoms with Crippen molar-refractivity contribution in [1.82, 2.24) is 36.4 Å². The van der Waals surface area contributed by atoms with E-state index in [1.54, 1.807) is 30.3 Å². The number of phenolic OH excluding ortho intramolecular Hbond substituents is 1. The van der Waals surface area contributed by atoms with Crippen LogP contribution in [0.2, 0.25) is 0 Å². The van der Waals surface area contributed by atoms with Crippen LogP contribution in [0.1, 0.15) is 129 Å². The Kier molecular flexibility index (Phi) is 25.6. The van der Waals surface area contributed by atoms with Gasteiger partial charge in [0, 0.05) is 37.2 Å². The lowest BCUT2D eigenvalue weighted by atomic mass is 9.91. The molecule has 3 aliphatic heterocycles. The minimum atomic E-state index is -2.35. The monoisotopic (exact) mass is 1160 g/mol. The van der Waals surface area contributed by atoms with Crippen molar-refractivity contribution >= 4 is 59.0 Å². The van der Waals surface area contributed by atoms with Gasteiger partial charge in [-0.2, -0.15) is 0 Å². The molecule has 8 amide bonds. The molecule has 2 aromatic carbocycles. The molecule has 3 aliphatic rings. The number of primary amides is 1. The molecule has 0 aromatic heterocycles. The number of amides is 8. The number of aromatic hydroxyl groups is 1. The number of unbranched alkanes of at least 4 members (excludes halogenated alkanes) is 5. The number of fused-ring (bicyclic) bond motifs is 2. The van der Waals surface area contributed by atoms with Crippen molar-refractivity contribution in [3.05, 3.63) is 60.2 Å². The molecule has 15 N–H and O–H groups in total. The lowest BCUT2D eigenvalue weighted by Crippen LogP contribution is -2.64. The van der Waals surface area contributed by atoms with Gasteiger partial charge >= 0.3 is 0 Å². The second-order valence-corrected chi connectivity index (χ2v) is 23.2. The molecule has 0 bridgehead atoms. The van der Waals surface area contributed by atoms with E-state index in [2.05, 4.69) is 47.4 Å². The van der Waals surface area contributed by atoms with Crippen molar-refractivity contribution in [3.8, 4) is 5.75 Å². The van der Waals surface area contributed by atoms with E-state index in [1.165, 1.54) is 18.6 Å². The number of carbonyl (C=O) groups is 8. The number of carbonyl (C=O) groups excluding carboxylic acids is 8. The van der Waals surface area contributed by atoms with Gasteiger partial charge in [-0.15, -0.1) is 0 Å². The lowest BCUT2D eigenvalue weighted by molar-refractivity contribution is -0.148. The highest BCUT2D eigenvalue weighted by Gasteiger charge is 2.49. The van der Waals surface area contributed by atoms with Crippen LogP contribution in [0.3, 0.4) is 0 Å². The van der Waals surface area contributed by atoms with Crippen LogP contribution < -0.4 is 32.3 Å². The highest BCUT2D eigenvalue weighted by molar-refractivity contribution is 8.00. The zero-order valence-electron chi connectivity index (χ0n) is 46.5. The third-order valence-corrected chi connectivity index (χ3v) is 16.5. The Balaban J connectivity index is 1.53. The van der Waals surface area contributed by atoms with Gasteiger partial charge < -0.3 is 83.0 Å². The number of rotatable bonds is 22. The first-order valence-electron chi connectivity index (χ1n) is 28.1. The minimum absolute atomic E-state index is 0.0381. The number of nitrogens with zero attached hydrogens (tertiary/aromatic N) is 2. The van der Waals surface area contributed by atoms with E-state index in [-0.39, 0.29) is 30.7 Å². The molecule has 3 heterocycles. The summed E-state index contributed by atoms with van der Waals surface area (Å²) in [5, 5.41) is 101. The van der Waals surface area contributed by atoms with Crippen molar-refractivity contribution in [1.29, 1.82) is 0 Å². The number of benzene rings is 2. The zero-order chi connectivity index (χ0) is 59.7. The molecule has 0 aliphatic carbocycles. The second kappa shape index (κ2) is 31.5. The van der Waals surface area contributed by atoms with Gasteiger partial charge in [-0.25, -0.2) is 0 Å². The summed E-state index contributed by atoms with van der Waals surface area (Å²) >= 11 is 0.899. The first kappa shape index (κ1) is 65.9. The first-order chi connectivity index (χ1) is 38.4. The van der Waals surface area contributed by atoms with Crippen LogP contribution in [0.5, 0.6) is 5.75 Å². The fraction of sp³-hybridized carbons (Fsp3) is 0.643. The molecule has 450 valence electrons. The van der Waals surface area contributed by atoms with Gasteiger partial charge in [-0.05, 0) is 67.9 Å². The quantitative estimate of drug-likeness (QED) is 0.0658. The standard InChI is InChI=1S/C56H84N8O16S/c1-5-30(2)25-31(3)15-11-8-6-7-9-14-18-43(72)58-37-27-41(70)54(81-36-16-12-10-13-17-36)62-53(78)47-39(68)23-24-63(47)56(80)45(40(69)28-42(57)71)60-52(77)46(49(74)48(73)33-19-21-34(66)22-20-33)61-51(76)38-26-35(67)29-64(38)55(79)44(32(4)65)59-50(37)75/h10,12-13,16-17,19-22,30-32,35,37-41,44-49,54,65-70,73-74H,5-9,11,14-15,18,23-29H2,1-4H3,(H2,57,71)(H,58,72)(H,59,75)(H,60,77)(H,61,76)(H,62,78)/t30?,31?,32-,35-,37+,38+,39+,40-,41-,44+,45+,46+,47+,48+,49+,54-/m1/s1. The Labute approximate surface area is 476 Å². The van der Waals surface area contributed by atoms with Crippen LogP contribution in [0.25, 0.3) is 0 Å². The van der Waals surface area contributed by atoms with E-state index in [0.29, 0.717) is 29.6 Å². The third-order valence-electron chi connectivity index (χ3n) is 15.3. The zero-order valence-corrected chi connectivity index (χ0v) is 47.3. The van der Waals surface area contributed by atoms with E-state index < -0.39 is 157 Å². The summed E-state index contributed by atoms with van der Waals surface area (Å²) in [5.74, 6) is -8.00. The molecular formula is C56H84N8O16S. The summed E-state index contributed by atoms with van der Waals surface area (Å²) in [7, 11) is 0. The molecule has 3 fully saturated rings. The molecule has 0 spiro atoms. The molecule has 3 saturated heterocycles. The van der Waals surface area contributed by atoms with Gasteiger partial charge in [0.05, 0.1) is 36.9 Å². The van der Waals surface area contributed by atoms with Crippen LogP contribution in [-0.4, -0.2) is 189 Å². The molecule has 2 unspecified atom stereocenters. The van der Waals surface area contributed by atoms with Gasteiger partial charge in [0.25, 0.3) is 0 Å². The van der Waals surface area contributed by atoms with Gasteiger partial charge in [0.15, 0.2) is 0 Å². The Morgan fingerprint density at radius 1 is 0.716 bits per heavy atom. The molecule has 2 aromatic rings. The number of hydrogen-bond acceptors (Lipinski definition) is 17. The maximum Gasteiger partial charge on any atom is 0.248 e. The van der Waals surface area contributed by atoms with E-state index in [9.17, 15) is 79.2 Å². The molecule has 0 saturated carbocycles. The second-order valence-electron chi connectivity index (χ2n) is 22.0. The molecular weight excluding hydrogens is 1070 g/mol. The first-order valence-corrected chi connectivity index (χ1v) is 29.0. The van der Waals surface area contributed by atoms with Crippen molar-refractivity contribution in [2.45, 2.75) is 207 Å². The molecule has 16 atom stereocenters. The normalized spacial score (nSPS) is 27.7. The predicted molar refractivity (Wildman–Crippen MR) is 296 cm³/mol. The highest BCUT2D eigenvalue weighted by Crippen LogP contribution is 2.30. The number of nitrogens with one attached hydrogen (secondary N) is 5. The highest BCUT2D eigenvalue weighted by atomic mass is 32.2. The summed E-state index contributed by atoms with van der Waals surface area (Å²) in [6.45, 7) is 6.92. The number of nitrogens with two attached hydrogens (primary N) is 1. The molecule has 0 radical (unpaired) electrons. The topological polar surface area (TPSA) is 391 Å². The Bertz CT molecular complexity index is 2430. The molecule has 24 nitrogen and oxygen atoms in total. The van der Waals surface area contributed by atoms with Crippen molar-refractivity contribution in [2.75, 3.05) is 13.1 Å².